The quantitative estimate of drug-likeness (QED) is 0.668. The van der Waals surface area contributed by atoms with E-state index in [9.17, 15) is 9.59 Å². The predicted molar refractivity (Wildman–Crippen MR) is 96.6 cm³/mol. The zero-order valence-electron chi connectivity index (χ0n) is 14.8. The molecule has 5 nitrogen and oxygen atoms in total. The van der Waals surface area contributed by atoms with Gasteiger partial charge >= 0.3 is 11.9 Å². The zero-order chi connectivity index (χ0) is 18.1. The fraction of sp³-hybridized carbons (Fsp3) is 0.300. The molecule has 0 aliphatic heterocycles. The highest BCUT2D eigenvalue weighted by Crippen LogP contribution is 2.35. The fourth-order valence-corrected chi connectivity index (χ4v) is 3.27. The van der Waals surface area contributed by atoms with Crippen molar-refractivity contribution < 1.29 is 19.1 Å². The second kappa shape index (κ2) is 6.59. The van der Waals surface area contributed by atoms with Crippen LogP contribution in [0.3, 0.4) is 0 Å². The van der Waals surface area contributed by atoms with Gasteiger partial charge in [-0.25, -0.2) is 4.79 Å². The second-order valence-electron chi connectivity index (χ2n) is 6.28. The number of hydrogen-bond donors (Lipinski definition) is 0. The molecule has 1 heterocycles. The molecule has 0 unspecified atom stereocenters. The Morgan fingerprint density at radius 1 is 1.12 bits per heavy atom. The molecule has 0 aliphatic carbocycles. The minimum Gasteiger partial charge on any atom is -0.465 e. The number of methoxy groups -OCH3 is 1. The molecule has 5 heteroatoms. The molecular weight excluding hydrogens is 318 g/mol. The third kappa shape index (κ3) is 2.97. The molecule has 0 saturated carbocycles. The maximum Gasteiger partial charge on any atom is 0.337 e. The highest BCUT2D eigenvalue weighted by atomic mass is 16.5. The lowest BCUT2D eigenvalue weighted by atomic mass is 10.1. The molecule has 0 aliphatic rings. The van der Waals surface area contributed by atoms with Crippen LogP contribution in [0.25, 0.3) is 21.8 Å². The SMILES string of the molecule is COC(=O)c1ccc2c3c(COC(C)=O)cccc3n(C(C)C)c2c1. The zero-order valence-corrected chi connectivity index (χ0v) is 14.8. The van der Waals surface area contributed by atoms with Crippen molar-refractivity contribution in [3.8, 4) is 0 Å². The molecule has 2 aromatic carbocycles. The normalized spacial score (nSPS) is 11.2. The van der Waals surface area contributed by atoms with E-state index in [4.69, 9.17) is 9.47 Å². The monoisotopic (exact) mass is 339 g/mol. The lowest BCUT2D eigenvalue weighted by molar-refractivity contribution is -0.142. The first kappa shape index (κ1) is 17.0. The first-order valence-electron chi connectivity index (χ1n) is 8.21. The summed E-state index contributed by atoms with van der Waals surface area (Å²) >= 11 is 0. The summed E-state index contributed by atoms with van der Waals surface area (Å²) in [6, 6.07) is 11.7. The number of nitrogens with zero attached hydrogens (tertiary/aromatic N) is 1. The van der Waals surface area contributed by atoms with E-state index in [1.807, 2.05) is 30.3 Å². The maximum atomic E-state index is 11.9. The van der Waals surface area contributed by atoms with Gasteiger partial charge in [0.05, 0.1) is 18.2 Å². The second-order valence-corrected chi connectivity index (χ2v) is 6.28. The van der Waals surface area contributed by atoms with Crippen LogP contribution >= 0.6 is 0 Å². The Morgan fingerprint density at radius 3 is 2.52 bits per heavy atom. The molecule has 0 fully saturated rings. The third-order valence-electron chi connectivity index (χ3n) is 4.28. The van der Waals surface area contributed by atoms with Crippen LogP contribution in [0.5, 0.6) is 0 Å². The van der Waals surface area contributed by atoms with Crippen molar-refractivity contribution in [2.75, 3.05) is 7.11 Å². The molecule has 0 bridgehead atoms. The molecule has 25 heavy (non-hydrogen) atoms. The van der Waals surface area contributed by atoms with E-state index in [-0.39, 0.29) is 24.6 Å². The fourth-order valence-electron chi connectivity index (χ4n) is 3.27. The Labute approximate surface area is 146 Å². The number of hydrogen-bond acceptors (Lipinski definition) is 4. The summed E-state index contributed by atoms with van der Waals surface area (Å²) in [5.74, 6) is -0.667. The summed E-state index contributed by atoms with van der Waals surface area (Å²) in [6.45, 7) is 5.83. The molecule has 0 N–H and O–H groups in total. The van der Waals surface area contributed by atoms with E-state index in [1.54, 1.807) is 6.07 Å². The van der Waals surface area contributed by atoms with Gasteiger partial charge in [-0.1, -0.05) is 18.2 Å². The number of esters is 2. The van der Waals surface area contributed by atoms with Crippen LogP contribution in [0.4, 0.5) is 0 Å². The van der Waals surface area contributed by atoms with Gasteiger partial charge in [-0.05, 0) is 37.6 Å². The van der Waals surface area contributed by atoms with Crippen LogP contribution in [0.1, 0.15) is 42.7 Å². The molecule has 0 spiro atoms. The summed E-state index contributed by atoms with van der Waals surface area (Å²) in [5, 5.41) is 2.07. The Hall–Kier alpha value is -2.82. The van der Waals surface area contributed by atoms with E-state index in [1.165, 1.54) is 14.0 Å². The van der Waals surface area contributed by atoms with Crippen molar-refractivity contribution in [2.45, 2.75) is 33.4 Å². The van der Waals surface area contributed by atoms with Crippen molar-refractivity contribution in [3.63, 3.8) is 0 Å². The molecule has 0 atom stereocenters. The molecular formula is C20H21NO4. The van der Waals surface area contributed by atoms with Gasteiger partial charge in [0.2, 0.25) is 0 Å². The summed E-state index contributed by atoms with van der Waals surface area (Å²) in [4.78, 5) is 23.1. The van der Waals surface area contributed by atoms with Crippen molar-refractivity contribution >= 4 is 33.7 Å². The number of aromatic nitrogens is 1. The molecule has 3 aromatic rings. The highest BCUT2D eigenvalue weighted by Gasteiger charge is 2.18. The molecule has 0 radical (unpaired) electrons. The van der Waals surface area contributed by atoms with Gasteiger partial charge < -0.3 is 14.0 Å². The maximum absolute atomic E-state index is 11.9. The van der Waals surface area contributed by atoms with Gasteiger partial charge in [0.1, 0.15) is 6.61 Å². The van der Waals surface area contributed by atoms with Crippen LogP contribution in [-0.4, -0.2) is 23.6 Å². The third-order valence-corrected chi connectivity index (χ3v) is 4.28. The topological polar surface area (TPSA) is 57.5 Å². The van der Waals surface area contributed by atoms with Gasteiger partial charge in [-0.15, -0.1) is 0 Å². The van der Waals surface area contributed by atoms with Crippen LogP contribution in [0.15, 0.2) is 36.4 Å². The van der Waals surface area contributed by atoms with Crippen LogP contribution in [-0.2, 0) is 20.9 Å². The summed E-state index contributed by atoms with van der Waals surface area (Å²) in [5.41, 5.74) is 3.48. The first-order chi connectivity index (χ1) is 11.9. The van der Waals surface area contributed by atoms with E-state index in [0.29, 0.717) is 5.56 Å². The van der Waals surface area contributed by atoms with Crippen LogP contribution < -0.4 is 0 Å². The van der Waals surface area contributed by atoms with Crippen molar-refractivity contribution in [2.24, 2.45) is 0 Å². The van der Waals surface area contributed by atoms with Crippen molar-refractivity contribution in [1.82, 2.24) is 4.57 Å². The van der Waals surface area contributed by atoms with Crippen LogP contribution in [0, 0.1) is 0 Å². The molecule has 0 saturated heterocycles. The minimum atomic E-state index is -0.359. The Balaban J connectivity index is 2.32. The predicted octanol–water partition coefficient (Wildman–Crippen LogP) is 4.23. The lowest BCUT2D eigenvalue weighted by Gasteiger charge is -2.12. The number of ether oxygens (including phenoxy) is 2. The number of carbonyl (C=O) groups is 2. The van der Waals surface area contributed by atoms with Gasteiger partial charge in [0, 0.05) is 29.3 Å². The standard InChI is InChI=1S/C20H21NO4/c1-12(2)21-17-7-5-6-15(11-25-13(3)22)19(17)16-9-8-14(10-18(16)21)20(23)24-4/h5-10,12H,11H2,1-4H3. The van der Waals surface area contributed by atoms with Gasteiger partial charge in [0.15, 0.2) is 0 Å². The van der Waals surface area contributed by atoms with E-state index >= 15 is 0 Å². The van der Waals surface area contributed by atoms with Gasteiger partial charge in [-0.2, -0.15) is 0 Å². The Kier molecular flexibility index (Phi) is 4.49. The lowest BCUT2D eigenvalue weighted by Crippen LogP contribution is -2.03. The number of benzene rings is 2. The average molecular weight is 339 g/mol. The van der Waals surface area contributed by atoms with Crippen molar-refractivity contribution in [3.05, 3.63) is 47.5 Å². The summed E-state index contributed by atoms with van der Waals surface area (Å²) < 4.78 is 12.2. The molecule has 130 valence electrons. The molecule has 3 rings (SSSR count). The Bertz CT molecular complexity index is 969. The number of fused-ring (bicyclic) bond motifs is 3. The van der Waals surface area contributed by atoms with Crippen molar-refractivity contribution in [1.29, 1.82) is 0 Å². The summed E-state index contributed by atoms with van der Waals surface area (Å²) in [6.07, 6.45) is 0. The molecule has 1 aromatic heterocycles. The summed E-state index contributed by atoms with van der Waals surface area (Å²) in [7, 11) is 1.38. The van der Waals surface area contributed by atoms with Crippen LogP contribution in [0.2, 0.25) is 0 Å². The minimum absolute atomic E-state index is 0.205. The Morgan fingerprint density at radius 2 is 1.88 bits per heavy atom. The van der Waals surface area contributed by atoms with E-state index in [0.717, 1.165) is 27.4 Å². The number of carbonyl (C=O) groups excluding carboxylic acids is 2. The first-order valence-corrected chi connectivity index (χ1v) is 8.21. The van der Waals surface area contributed by atoms with E-state index < -0.39 is 0 Å². The largest absolute Gasteiger partial charge is 0.465 e. The van der Waals surface area contributed by atoms with E-state index in [2.05, 4.69) is 18.4 Å². The molecule has 0 amide bonds. The number of rotatable bonds is 4. The smallest absolute Gasteiger partial charge is 0.337 e. The van der Waals surface area contributed by atoms with Gasteiger partial charge in [0.25, 0.3) is 0 Å². The average Bonchev–Trinajstić information content (AvgIpc) is 2.93. The van der Waals surface area contributed by atoms with Gasteiger partial charge in [-0.3, -0.25) is 4.79 Å². The highest BCUT2D eigenvalue weighted by molar-refractivity contribution is 6.11.